The van der Waals surface area contributed by atoms with Crippen molar-refractivity contribution in [1.29, 1.82) is 0 Å². The van der Waals surface area contributed by atoms with Crippen molar-refractivity contribution < 1.29 is 32.3 Å². The fourth-order valence-corrected chi connectivity index (χ4v) is 3.75. The van der Waals surface area contributed by atoms with Gasteiger partial charge in [-0.1, -0.05) is 0 Å². The van der Waals surface area contributed by atoms with Gasteiger partial charge in [0.15, 0.2) is 11.9 Å². The van der Waals surface area contributed by atoms with Gasteiger partial charge in [-0.2, -0.15) is 8.42 Å². The zero-order chi connectivity index (χ0) is 18.6. The molecule has 2 aromatic heterocycles. The lowest BCUT2D eigenvalue weighted by Gasteiger charge is -2.19. The molecule has 26 heavy (non-hydrogen) atoms. The predicted octanol–water partition coefficient (Wildman–Crippen LogP) is -2.43. The fraction of sp³-hybridized carbons (Fsp3) is 0.462. The molecule has 0 aliphatic carbocycles. The van der Waals surface area contributed by atoms with Gasteiger partial charge in [-0.15, -0.1) is 0 Å². The van der Waals surface area contributed by atoms with Crippen LogP contribution in [0.15, 0.2) is 12.3 Å². The number of nitrogens with zero attached hydrogens (tertiary/aromatic N) is 3. The van der Waals surface area contributed by atoms with E-state index < -0.39 is 53.8 Å². The van der Waals surface area contributed by atoms with E-state index >= 15 is 0 Å². The van der Waals surface area contributed by atoms with E-state index in [1.165, 1.54) is 16.8 Å². The van der Waals surface area contributed by atoms with Crippen molar-refractivity contribution in [1.82, 2.24) is 19.3 Å². The molecule has 13 heteroatoms. The highest BCUT2D eigenvalue weighted by Crippen LogP contribution is 2.34. The first-order valence-electron chi connectivity index (χ1n) is 7.60. The van der Waals surface area contributed by atoms with Gasteiger partial charge >= 0.3 is 10.3 Å². The highest BCUT2D eigenvalue weighted by molar-refractivity contribution is 7.85. The number of fused-ring (bicyclic) bond motifs is 6. The van der Waals surface area contributed by atoms with E-state index in [0.29, 0.717) is 0 Å². The monoisotopic (exact) mass is 385 g/mol. The molecule has 0 radical (unpaired) electrons. The number of aliphatic hydroxyl groups is 2. The van der Waals surface area contributed by atoms with Crippen molar-refractivity contribution in [3.05, 3.63) is 18.1 Å². The summed E-state index contributed by atoms with van der Waals surface area (Å²) in [5.41, 5.74) is 6.66. The number of aliphatic hydroxyl groups excluding tert-OH is 2. The predicted molar refractivity (Wildman–Crippen MR) is 84.6 cm³/mol. The van der Waals surface area contributed by atoms with Crippen molar-refractivity contribution >= 4 is 33.1 Å². The van der Waals surface area contributed by atoms with E-state index in [9.17, 15) is 23.4 Å². The van der Waals surface area contributed by atoms with Gasteiger partial charge in [0.1, 0.15) is 29.7 Å². The zero-order valence-corrected chi connectivity index (χ0v) is 14.0. The number of pyridine rings is 1. The highest BCUT2D eigenvalue weighted by atomic mass is 32.2. The molecule has 0 aromatic carbocycles. The van der Waals surface area contributed by atoms with E-state index in [4.69, 9.17) is 10.5 Å². The number of rotatable bonds is 0. The molecule has 1 fully saturated rings. The molecule has 4 heterocycles. The molecule has 2 aromatic rings. The second-order valence-corrected chi connectivity index (χ2v) is 7.31. The standard InChI is InChI=1S/C13H15N5O7S/c14-5-1-2-15-12-9(5)16-7-3-8(19)17-26(22,23)24-4-6-10(20)11(21)13(25-6)18(7)12/h1-2,6,10-11,13,20-21H,3-4H2,(H2,14,15)(H,17,19)/t6-,10-,11-,13-/m1/s1. The van der Waals surface area contributed by atoms with Crippen LogP contribution in [-0.2, 0) is 30.4 Å². The molecular formula is C13H15N5O7S. The first-order valence-corrected chi connectivity index (χ1v) is 9.00. The largest absolute Gasteiger partial charge is 0.397 e. The van der Waals surface area contributed by atoms with Crippen LogP contribution in [0.1, 0.15) is 12.1 Å². The van der Waals surface area contributed by atoms with Gasteiger partial charge in [0.25, 0.3) is 0 Å². The lowest BCUT2D eigenvalue weighted by atomic mass is 10.1. The van der Waals surface area contributed by atoms with Crippen LogP contribution in [0, 0.1) is 0 Å². The van der Waals surface area contributed by atoms with Gasteiger partial charge in [-0.25, -0.2) is 14.7 Å². The van der Waals surface area contributed by atoms with Crippen molar-refractivity contribution in [3.8, 4) is 0 Å². The number of hydrogen-bond donors (Lipinski definition) is 4. The second kappa shape index (κ2) is 5.85. The number of ether oxygens (including phenoxy) is 1. The molecular weight excluding hydrogens is 370 g/mol. The van der Waals surface area contributed by atoms with Crippen LogP contribution < -0.4 is 10.5 Å². The van der Waals surface area contributed by atoms with Gasteiger partial charge in [0.2, 0.25) is 5.91 Å². The van der Waals surface area contributed by atoms with Gasteiger partial charge in [0, 0.05) is 6.20 Å². The summed E-state index contributed by atoms with van der Waals surface area (Å²) in [6.07, 6.45) is -4.19. The molecule has 1 amide bonds. The topological polar surface area (TPSA) is 179 Å². The van der Waals surface area contributed by atoms with Crippen molar-refractivity contribution in [2.45, 2.75) is 31.0 Å². The lowest BCUT2D eigenvalue weighted by Crippen LogP contribution is -2.39. The number of nitrogens with two attached hydrogens (primary N) is 1. The lowest BCUT2D eigenvalue weighted by molar-refractivity contribution is -0.119. The minimum Gasteiger partial charge on any atom is -0.397 e. The zero-order valence-electron chi connectivity index (χ0n) is 13.1. The summed E-state index contributed by atoms with van der Waals surface area (Å²) in [5.74, 6) is -0.829. The minimum absolute atomic E-state index is 0.0666. The van der Waals surface area contributed by atoms with Gasteiger partial charge in [-0.3, -0.25) is 13.5 Å². The SMILES string of the molecule is Nc1ccnc2c1nc1n2[C@@H]2O[C@H](COS(=O)(=O)NC(=O)C1)[C@@H](O)[C@H]2O. The number of nitrogens with one attached hydrogen (secondary N) is 1. The van der Waals surface area contributed by atoms with Crippen molar-refractivity contribution in [3.63, 3.8) is 0 Å². The molecule has 2 bridgehead atoms. The summed E-state index contributed by atoms with van der Waals surface area (Å²) in [6.45, 7) is -0.588. The van der Waals surface area contributed by atoms with Crippen LogP contribution in [0.3, 0.4) is 0 Å². The Morgan fingerprint density at radius 3 is 2.88 bits per heavy atom. The van der Waals surface area contributed by atoms with E-state index in [0.717, 1.165) is 0 Å². The van der Waals surface area contributed by atoms with Gasteiger partial charge in [0.05, 0.1) is 18.7 Å². The van der Waals surface area contributed by atoms with E-state index in [1.54, 1.807) is 4.72 Å². The molecule has 0 unspecified atom stereocenters. The molecule has 140 valence electrons. The Kier molecular flexibility index (Phi) is 3.85. The number of carbonyl (C=O) groups is 1. The number of hydrogen-bond acceptors (Lipinski definition) is 10. The fourth-order valence-electron chi connectivity index (χ4n) is 3.03. The Hall–Kier alpha value is -2.32. The normalized spacial score (nSPS) is 31.2. The van der Waals surface area contributed by atoms with Crippen LogP contribution in [-0.4, -0.2) is 64.0 Å². The van der Waals surface area contributed by atoms with E-state index in [2.05, 4.69) is 14.2 Å². The van der Waals surface area contributed by atoms with Crippen LogP contribution in [0.5, 0.6) is 0 Å². The molecule has 4 atom stereocenters. The second-order valence-electron chi connectivity index (χ2n) is 5.96. The summed E-state index contributed by atoms with van der Waals surface area (Å²) in [7, 11) is -4.40. The Balaban J connectivity index is 1.91. The molecule has 0 spiro atoms. The van der Waals surface area contributed by atoms with Gasteiger partial charge in [-0.05, 0) is 6.07 Å². The van der Waals surface area contributed by atoms with Crippen molar-refractivity contribution in [2.24, 2.45) is 0 Å². The number of nitrogen functional groups attached to an aromatic ring is 1. The first kappa shape index (κ1) is 17.1. The van der Waals surface area contributed by atoms with E-state index in [-0.39, 0.29) is 22.7 Å². The summed E-state index contributed by atoms with van der Waals surface area (Å²) in [4.78, 5) is 20.5. The number of aromatic nitrogens is 3. The van der Waals surface area contributed by atoms with Crippen LogP contribution in [0.2, 0.25) is 0 Å². The third kappa shape index (κ3) is 2.69. The summed E-state index contributed by atoms with van der Waals surface area (Å²) >= 11 is 0. The third-order valence-corrected chi connectivity index (χ3v) is 5.14. The van der Waals surface area contributed by atoms with Crippen molar-refractivity contribution in [2.75, 3.05) is 12.3 Å². The number of carbonyl (C=O) groups excluding carboxylic acids is 1. The minimum atomic E-state index is -4.40. The van der Waals surface area contributed by atoms with Crippen LogP contribution >= 0.6 is 0 Å². The average molecular weight is 385 g/mol. The quantitative estimate of drug-likeness (QED) is 0.381. The van der Waals surface area contributed by atoms with Gasteiger partial charge < -0.3 is 20.7 Å². The molecule has 2 aliphatic rings. The summed E-state index contributed by atoms with van der Waals surface area (Å²) < 4.78 is 36.9. The molecule has 5 N–H and O–H groups in total. The molecule has 0 saturated carbocycles. The smallest absolute Gasteiger partial charge is 0.362 e. The third-order valence-electron chi connectivity index (χ3n) is 4.22. The first-order chi connectivity index (χ1) is 12.3. The molecule has 12 nitrogen and oxygen atoms in total. The number of amides is 1. The Labute approximate surface area is 146 Å². The van der Waals surface area contributed by atoms with Crippen LogP contribution in [0.25, 0.3) is 11.2 Å². The maximum absolute atomic E-state index is 12.1. The van der Waals surface area contributed by atoms with Crippen LogP contribution in [0.4, 0.5) is 5.69 Å². The summed E-state index contributed by atoms with van der Waals surface area (Å²) in [6, 6.07) is 1.51. The highest BCUT2D eigenvalue weighted by Gasteiger charge is 2.46. The Morgan fingerprint density at radius 2 is 2.12 bits per heavy atom. The molecule has 4 rings (SSSR count). The molecule has 1 saturated heterocycles. The maximum atomic E-state index is 12.1. The summed E-state index contributed by atoms with van der Waals surface area (Å²) in [5, 5.41) is 20.5. The average Bonchev–Trinajstić information content (AvgIpc) is 3.04. The Morgan fingerprint density at radius 1 is 1.35 bits per heavy atom. The number of imidazole rings is 1. The maximum Gasteiger partial charge on any atom is 0.362 e. The number of anilines is 1. The molecule has 2 aliphatic heterocycles. The van der Waals surface area contributed by atoms with E-state index in [1.807, 2.05) is 0 Å². The Bertz CT molecular complexity index is 990.